The first-order valence-electron chi connectivity index (χ1n) is 7.86. The monoisotopic (exact) mass is 331 g/mol. The Kier molecular flexibility index (Phi) is 4.71. The van der Waals surface area contributed by atoms with Crippen LogP contribution in [0.25, 0.3) is 10.9 Å². The summed E-state index contributed by atoms with van der Waals surface area (Å²) in [6.07, 6.45) is -0.301. The van der Waals surface area contributed by atoms with Crippen molar-refractivity contribution in [1.29, 1.82) is 0 Å². The fourth-order valence-electron chi connectivity index (χ4n) is 2.93. The van der Waals surface area contributed by atoms with Crippen molar-refractivity contribution in [2.24, 2.45) is 0 Å². The van der Waals surface area contributed by atoms with Crippen molar-refractivity contribution in [1.82, 2.24) is 14.8 Å². The van der Waals surface area contributed by atoms with Crippen LogP contribution in [-0.4, -0.2) is 61.3 Å². The van der Waals surface area contributed by atoms with Crippen molar-refractivity contribution in [2.45, 2.75) is 6.54 Å². The van der Waals surface area contributed by atoms with Gasteiger partial charge in [0, 0.05) is 49.2 Å². The van der Waals surface area contributed by atoms with Crippen LogP contribution in [0.15, 0.2) is 29.1 Å². The molecule has 0 saturated carbocycles. The Balaban J connectivity index is 1.74. The molecule has 1 amide bonds. The Bertz CT molecular complexity index is 794. The van der Waals surface area contributed by atoms with Gasteiger partial charge in [0.15, 0.2) is 0 Å². The van der Waals surface area contributed by atoms with E-state index in [0.717, 1.165) is 16.7 Å². The maximum atomic E-state index is 12.3. The maximum absolute atomic E-state index is 12.3. The molecular weight excluding hydrogens is 310 g/mol. The van der Waals surface area contributed by atoms with Gasteiger partial charge in [-0.25, -0.2) is 4.79 Å². The molecule has 7 nitrogen and oxygen atoms in total. The molecule has 1 N–H and O–H groups in total. The van der Waals surface area contributed by atoms with Crippen LogP contribution in [0.4, 0.5) is 4.79 Å². The van der Waals surface area contributed by atoms with E-state index in [2.05, 4.69) is 9.88 Å². The van der Waals surface area contributed by atoms with Gasteiger partial charge in [-0.05, 0) is 24.3 Å². The Morgan fingerprint density at radius 1 is 1.17 bits per heavy atom. The van der Waals surface area contributed by atoms with Crippen molar-refractivity contribution in [3.8, 4) is 5.75 Å². The Labute approximate surface area is 139 Å². The molecule has 3 rings (SSSR count). The Hall–Kier alpha value is -2.54. The van der Waals surface area contributed by atoms with E-state index >= 15 is 0 Å². The third-order valence-electron chi connectivity index (χ3n) is 4.33. The Morgan fingerprint density at radius 2 is 1.92 bits per heavy atom. The summed E-state index contributed by atoms with van der Waals surface area (Å²) < 4.78 is 9.97. The minimum atomic E-state index is -0.301. The van der Waals surface area contributed by atoms with Crippen LogP contribution in [-0.2, 0) is 11.3 Å². The quantitative estimate of drug-likeness (QED) is 0.921. The lowest BCUT2D eigenvalue weighted by molar-refractivity contribution is 0.0888. The predicted octanol–water partition coefficient (Wildman–Crippen LogP) is 1.42. The molecule has 0 unspecified atom stereocenters. The topological polar surface area (TPSA) is 74.9 Å². The van der Waals surface area contributed by atoms with Crippen molar-refractivity contribution in [3.05, 3.63) is 40.2 Å². The minimum absolute atomic E-state index is 0.0805. The lowest BCUT2D eigenvalue weighted by atomic mass is 10.1. The first kappa shape index (κ1) is 16.3. The van der Waals surface area contributed by atoms with E-state index in [0.29, 0.717) is 38.3 Å². The number of H-pyrrole nitrogens is 1. The SMILES string of the molecule is COC(=O)N1CCN(Cc2cc3cc(OC)ccc3[nH]c2=O)CC1. The summed E-state index contributed by atoms with van der Waals surface area (Å²) >= 11 is 0. The van der Waals surface area contributed by atoms with Gasteiger partial charge in [0.05, 0.1) is 14.2 Å². The fraction of sp³-hybridized carbons (Fsp3) is 0.412. The molecule has 2 aromatic rings. The summed E-state index contributed by atoms with van der Waals surface area (Å²) in [6.45, 7) is 3.19. The second-order valence-electron chi connectivity index (χ2n) is 5.81. The van der Waals surface area contributed by atoms with Gasteiger partial charge in [-0.3, -0.25) is 9.69 Å². The molecule has 0 bridgehead atoms. The van der Waals surface area contributed by atoms with Gasteiger partial charge in [0.1, 0.15) is 5.75 Å². The number of rotatable bonds is 3. The summed E-state index contributed by atoms with van der Waals surface area (Å²) in [5.74, 6) is 0.757. The zero-order valence-electron chi connectivity index (χ0n) is 13.9. The molecule has 24 heavy (non-hydrogen) atoms. The summed E-state index contributed by atoms with van der Waals surface area (Å²) in [4.78, 5) is 30.5. The molecule has 0 spiro atoms. The largest absolute Gasteiger partial charge is 0.497 e. The van der Waals surface area contributed by atoms with Crippen LogP contribution >= 0.6 is 0 Å². The number of hydrogen-bond acceptors (Lipinski definition) is 5. The maximum Gasteiger partial charge on any atom is 0.409 e. The molecule has 1 saturated heterocycles. The number of hydrogen-bond donors (Lipinski definition) is 1. The van der Waals surface area contributed by atoms with Crippen molar-refractivity contribution in [2.75, 3.05) is 40.4 Å². The number of pyridine rings is 1. The zero-order chi connectivity index (χ0) is 17.1. The van der Waals surface area contributed by atoms with E-state index in [1.807, 2.05) is 24.3 Å². The van der Waals surface area contributed by atoms with Gasteiger partial charge < -0.3 is 19.4 Å². The van der Waals surface area contributed by atoms with Crippen molar-refractivity contribution in [3.63, 3.8) is 0 Å². The van der Waals surface area contributed by atoms with E-state index in [-0.39, 0.29) is 11.7 Å². The highest BCUT2D eigenvalue weighted by Gasteiger charge is 2.22. The molecule has 0 aliphatic carbocycles. The van der Waals surface area contributed by atoms with Crippen LogP contribution in [0.5, 0.6) is 5.75 Å². The third-order valence-corrected chi connectivity index (χ3v) is 4.33. The van der Waals surface area contributed by atoms with Crippen LogP contribution in [0.2, 0.25) is 0 Å². The molecule has 2 heterocycles. The van der Waals surface area contributed by atoms with Crippen molar-refractivity contribution >= 4 is 17.0 Å². The summed E-state index contributed by atoms with van der Waals surface area (Å²) in [5, 5.41) is 0.942. The molecule has 1 aliphatic rings. The highest BCUT2D eigenvalue weighted by molar-refractivity contribution is 5.80. The first-order valence-corrected chi connectivity index (χ1v) is 7.86. The summed E-state index contributed by atoms with van der Waals surface area (Å²) in [7, 11) is 3.01. The number of carbonyl (C=O) groups excluding carboxylic acids is 1. The standard InChI is InChI=1S/C17H21N3O4/c1-23-14-3-4-15-12(10-14)9-13(16(21)18-15)11-19-5-7-20(8-6-19)17(22)24-2/h3-4,9-10H,5-8,11H2,1-2H3,(H,18,21). The fourth-order valence-corrected chi connectivity index (χ4v) is 2.93. The van der Waals surface area contributed by atoms with Gasteiger partial charge in [0.2, 0.25) is 0 Å². The van der Waals surface area contributed by atoms with E-state index in [4.69, 9.17) is 9.47 Å². The molecule has 128 valence electrons. The number of amides is 1. The molecule has 0 atom stereocenters. The number of aromatic amines is 1. The molecule has 1 fully saturated rings. The summed E-state index contributed by atoms with van der Waals surface area (Å²) in [6, 6.07) is 7.48. The predicted molar refractivity (Wildman–Crippen MR) is 90.4 cm³/mol. The molecule has 1 aromatic heterocycles. The smallest absolute Gasteiger partial charge is 0.409 e. The third kappa shape index (κ3) is 3.35. The number of carbonyl (C=O) groups is 1. The number of methoxy groups -OCH3 is 2. The van der Waals surface area contributed by atoms with Gasteiger partial charge in [-0.1, -0.05) is 0 Å². The molecular formula is C17H21N3O4. The number of nitrogens with zero attached hydrogens (tertiary/aromatic N) is 2. The van der Waals surface area contributed by atoms with Gasteiger partial charge in [0.25, 0.3) is 5.56 Å². The second-order valence-corrected chi connectivity index (χ2v) is 5.81. The molecule has 1 aliphatic heterocycles. The number of benzene rings is 1. The van der Waals surface area contributed by atoms with Crippen molar-refractivity contribution < 1.29 is 14.3 Å². The highest BCUT2D eigenvalue weighted by atomic mass is 16.5. The minimum Gasteiger partial charge on any atom is -0.497 e. The second kappa shape index (κ2) is 6.92. The molecule has 1 aromatic carbocycles. The van der Waals surface area contributed by atoms with Gasteiger partial charge in [-0.2, -0.15) is 0 Å². The summed E-state index contributed by atoms with van der Waals surface area (Å²) in [5.41, 5.74) is 1.42. The number of nitrogens with one attached hydrogen (secondary N) is 1. The lowest BCUT2D eigenvalue weighted by Crippen LogP contribution is -2.48. The molecule has 7 heteroatoms. The highest BCUT2D eigenvalue weighted by Crippen LogP contribution is 2.19. The molecule has 0 radical (unpaired) electrons. The van der Waals surface area contributed by atoms with E-state index in [1.165, 1.54) is 7.11 Å². The van der Waals surface area contributed by atoms with Gasteiger partial charge in [-0.15, -0.1) is 0 Å². The van der Waals surface area contributed by atoms with Crippen LogP contribution < -0.4 is 10.3 Å². The number of fused-ring (bicyclic) bond motifs is 1. The first-order chi connectivity index (χ1) is 11.6. The van der Waals surface area contributed by atoms with E-state index in [1.54, 1.807) is 12.0 Å². The van der Waals surface area contributed by atoms with Gasteiger partial charge >= 0.3 is 6.09 Å². The normalized spacial score (nSPS) is 15.5. The average Bonchev–Trinajstić information content (AvgIpc) is 2.62. The van der Waals surface area contributed by atoms with E-state index in [9.17, 15) is 9.59 Å². The number of ether oxygens (including phenoxy) is 2. The average molecular weight is 331 g/mol. The number of piperazine rings is 1. The zero-order valence-corrected chi connectivity index (χ0v) is 13.9. The lowest BCUT2D eigenvalue weighted by Gasteiger charge is -2.33. The van der Waals surface area contributed by atoms with E-state index < -0.39 is 0 Å². The van der Waals surface area contributed by atoms with Crippen LogP contribution in [0.1, 0.15) is 5.56 Å². The number of aromatic nitrogens is 1. The Morgan fingerprint density at radius 3 is 2.58 bits per heavy atom. The van der Waals surface area contributed by atoms with Crippen LogP contribution in [0, 0.1) is 0 Å². The van der Waals surface area contributed by atoms with Crippen LogP contribution in [0.3, 0.4) is 0 Å².